The zero-order valence-corrected chi connectivity index (χ0v) is 12.1. The van der Waals surface area contributed by atoms with Crippen LogP contribution in [0.5, 0.6) is 0 Å². The SMILES string of the molecule is O=C(O)N1CCC[C@]1(Cc1ccccc1)C(=O)CBr. The average Bonchev–Trinajstić information content (AvgIpc) is 2.84. The van der Waals surface area contributed by atoms with E-state index in [4.69, 9.17) is 0 Å². The highest BCUT2D eigenvalue weighted by Crippen LogP contribution is 2.34. The maximum absolute atomic E-state index is 12.3. The first kappa shape index (κ1) is 14.1. The van der Waals surface area contributed by atoms with Gasteiger partial charge >= 0.3 is 6.09 Å². The first-order valence-electron chi connectivity index (χ1n) is 6.24. The summed E-state index contributed by atoms with van der Waals surface area (Å²) < 4.78 is 0. The number of hydrogen-bond acceptors (Lipinski definition) is 2. The molecule has 0 radical (unpaired) electrons. The molecule has 0 aromatic heterocycles. The van der Waals surface area contributed by atoms with Crippen molar-refractivity contribution in [1.82, 2.24) is 4.90 Å². The number of halogens is 1. The van der Waals surface area contributed by atoms with Gasteiger partial charge in [-0.3, -0.25) is 9.69 Å². The third-order valence-corrected chi connectivity index (χ3v) is 4.21. The molecule has 4 nitrogen and oxygen atoms in total. The number of ketones is 1. The van der Waals surface area contributed by atoms with E-state index in [1.165, 1.54) is 4.90 Å². The molecule has 0 saturated carbocycles. The normalized spacial score (nSPS) is 22.5. The molecule has 1 N–H and O–H groups in total. The van der Waals surface area contributed by atoms with Gasteiger partial charge in [0.2, 0.25) is 0 Å². The fourth-order valence-electron chi connectivity index (χ4n) is 2.79. The number of likely N-dealkylation sites (tertiary alicyclic amines) is 1. The Morgan fingerprint density at radius 1 is 1.32 bits per heavy atom. The summed E-state index contributed by atoms with van der Waals surface area (Å²) in [4.78, 5) is 25.0. The minimum atomic E-state index is -1.01. The van der Waals surface area contributed by atoms with E-state index in [-0.39, 0.29) is 11.1 Å². The van der Waals surface area contributed by atoms with Crippen molar-refractivity contribution >= 4 is 27.8 Å². The Balaban J connectivity index is 2.35. The number of rotatable bonds is 4. The monoisotopic (exact) mass is 325 g/mol. The summed E-state index contributed by atoms with van der Waals surface area (Å²) in [5.41, 5.74) is 0.0846. The van der Waals surface area contributed by atoms with Gasteiger partial charge in [0.1, 0.15) is 5.54 Å². The largest absolute Gasteiger partial charge is 0.465 e. The second-order valence-corrected chi connectivity index (χ2v) is 5.35. The van der Waals surface area contributed by atoms with E-state index < -0.39 is 11.6 Å². The highest BCUT2D eigenvalue weighted by atomic mass is 79.9. The van der Waals surface area contributed by atoms with Crippen molar-refractivity contribution in [2.45, 2.75) is 24.8 Å². The Bertz CT molecular complexity index is 477. The first-order valence-corrected chi connectivity index (χ1v) is 7.36. The van der Waals surface area contributed by atoms with Crippen LogP contribution in [0, 0.1) is 0 Å². The number of amides is 1. The van der Waals surface area contributed by atoms with Gasteiger partial charge in [0.05, 0.1) is 5.33 Å². The number of carbonyl (C=O) groups is 2. The lowest BCUT2D eigenvalue weighted by molar-refractivity contribution is -0.126. The molecule has 1 aromatic carbocycles. The molecular formula is C14H16BrNO3. The van der Waals surface area contributed by atoms with E-state index in [0.29, 0.717) is 19.4 Å². The molecular weight excluding hydrogens is 310 g/mol. The fraction of sp³-hybridized carbons (Fsp3) is 0.429. The van der Waals surface area contributed by atoms with E-state index >= 15 is 0 Å². The minimum absolute atomic E-state index is 0.0590. The van der Waals surface area contributed by atoms with Gasteiger partial charge in [-0.05, 0) is 18.4 Å². The van der Waals surface area contributed by atoms with Gasteiger partial charge in [-0.1, -0.05) is 46.3 Å². The fourth-order valence-corrected chi connectivity index (χ4v) is 3.31. The summed E-state index contributed by atoms with van der Waals surface area (Å²) in [5.74, 6) is -0.0590. The molecule has 0 spiro atoms. The van der Waals surface area contributed by atoms with Gasteiger partial charge in [0.15, 0.2) is 5.78 Å². The standard InChI is InChI=1S/C14H16BrNO3/c15-10-12(17)14(7-4-8-16(14)13(18)19)9-11-5-2-1-3-6-11/h1-3,5-6H,4,7-10H2,(H,18,19)/t14-/m0/s1. The van der Waals surface area contributed by atoms with Gasteiger partial charge < -0.3 is 5.11 Å². The predicted molar refractivity (Wildman–Crippen MR) is 75.6 cm³/mol. The Hall–Kier alpha value is -1.36. The van der Waals surface area contributed by atoms with Crippen molar-refractivity contribution in [3.63, 3.8) is 0 Å². The van der Waals surface area contributed by atoms with Crippen molar-refractivity contribution in [3.8, 4) is 0 Å². The second-order valence-electron chi connectivity index (χ2n) is 4.79. The number of carboxylic acid groups (broad SMARTS) is 1. The minimum Gasteiger partial charge on any atom is -0.465 e. The van der Waals surface area contributed by atoms with E-state index in [2.05, 4.69) is 15.9 Å². The summed E-state index contributed by atoms with van der Waals surface area (Å²) in [7, 11) is 0. The van der Waals surface area contributed by atoms with Gasteiger partial charge in [0, 0.05) is 13.0 Å². The molecule has 0 aliphatic carbocycles. The van der Waals surface area contributed by atoms with Gasteiger partial charge in [0.25, 0.3) is 0 Å². The molecule has 1 heterocycles. The van der Waals surface area contributed by atoms with E-state index in [9.17, 15) is 14.7 Å². The first-order chi connectivity index (χ1) is 9.10. The van der Waals surface area contributed by atoms with Crippen LogP contribution >= 0.6 is 15.9 Å². The number of hydrogen-bond donors (Lipinski definition) is 1. The predicted octanol–water partition coefficient (Wildman–Crippen LogP) is 2.71. The van der Waals surface area contributed by atoms with Crippen molar-refractivity contribution < 1.29 is 14.7 Å². The van der Waals surface area contributed by atoms with Crippen molar-refractivity contribution in [2.24, 2.45) is 0 Å². The number of benzene rings is 1. The van der Waals surface area contributed by atoms with Crippen molar-refractivity contribution in [2.75, 3.05) is 11.9 Å². The molecule has 1 aliphatic heterocycles. The summed E-state index contributed by atoms with van der Waals surface area (Å²) in [6.45, 7) is 0.431. The summed E-state index contributed by atoms with van der Waals surface area (Å²) in [6, 6.07) is 9.58. The maximum atomic E-state index is 12.3. The Morgan fingerprint density at radius 2 is 2.00 bits per heavy atom. The van der Waals surface area contributed by atoms with Crippen LogP contribution in [-0.4, -0.2) is 39.3 Å². The number of nitrogens with zero attached hydrogens (tertiary/aromatic N) is 1. The van der Waals surface area contributed by atoms with E-state index in [1.54, 1.807) is 0 Å². The highest BCUT2D eigenvalue weighted by Gasteiger charge is 2.48. The van der Waals surface area contributed by atoms with Gasteiger partial charge in [-0.2, -0.15) is 0 Å². The smallest absolute Gasteiger partial charge is 0.408 e. The molecule has 2 rings (SSSR count). The molecule has 1 aliphatic rings. The average molecular weight is 326 g/mol. The van der Waals surface area contributed by atoms with Crippen LogP contribution in [0.1, 0.15) is 18.4 Å². The third kappa shape index (κ3) is 2.66. The molecule has 102 valence electrons. The summed E-state index contributed by atoms with van der Waals surface area (Å²) in [6.07, 6.45) is 0.767. The molecule has 19 heavy (non-hydrogen) atoms. The topological polar surface area (TPSA) is 57.6 Å². The Labute approximate surface area is 120 Å². The van der Waals surface area contributed by atoms with Crippen LogP contribution in [0.25, 0.3) is 0 Å². The molecule has 1 atom stereocenters. The lowest BCUT2D eigenvalue weighted by atomic mass is 9.85. The quantitative estimate of drug-likeness (QED) is 0.866. The molecule has 0 unspecified atom stereocenters. The zero-order valence-electron chi connectivity index (χ0n) is 10.5. The number of alkyl halides is 1. The number of carbonyl (C=O) groups excluding carboxylic acids is 1. The van der Waals surface area contributed by atoms with Crippen LogP contribution in [0.2, 0.25) is 0 Å². The zero-order chi connectivity index (χ0) is 13.9. The van der Waals surface area contributed by atoms with Crippen molar-refractivity contribution in [1.29, 1.82) is 0 Å². The molecule has 1 saturated heterocycles. The lowest BCUT2D eigenvalue weighted by Crippen LogP contribution is -2.54. The highest BCUT2D eigenvalue weighted by molar-refractivity contribution is 9.09. The summed E-state index contributed by atoms with van der Waals surface area (Å²) in [5, 5.41) is 9.51. The molecule has 5 heteroatoms. The second kappa shape index (κ2) is 5.74. The molecule has 1 amide bonds. The molecule has 1 aromatic rings. The van der Waals surface area contributed by atoms with Crippen molar-refractivity contribution in [3.05, 3.63) is 35.9 Å². The maximum Gasteiger partial charge on any atom is 0.408 e. The Morgan fingerprint density at radius 3 is 2.58 bits per heavy atom. The van der Waals surface area contributed by atoms with E-state index in [0.717, 1.165) is 12.0 Å². The van der Waals surface area contributed by atoms with Crippen LogP contribution in [-0.2, 0) is 11.2 Å². The van der Waals surface area contributed by atoms with Gasteiger partial charge in [-0.25, -0.2) is 4.79 Å². The van der Waals surface area contributed by atoms with Gasteiger partial charge in [-0.15, -0.1) is 0 Å². The molecule has 1 fully saturated rings. The third-order valence-electron chi connectivity index (χ3n) is 3.70. The molecule has 0 bridgehead atoms. The van der Waals surface area contributed by atoms with Crippen LogP contribution in [0.4, 0.5) is 4.79 Å². The van der Waals surface area contributed by atoms with Crippen LogP contribution in [0.15, 0.2) is 30.3 Å². The van der Waals surface area contributed by atoms with E-state index in [1.807, 2.05) is 30.3 Å². The summed E-state index contributed by atoms with van der Waals surface area (Å²) >= 11 is 3.18. The lowest BCUT2D eigenvalue weighted by Gasteiger charge is -2.35. The number of Topliss-reactive ketones (excluding diaryl/α,β-unsaturated/α-hetero) is 1. The van der Waals surface area contributed by atoms with Crippen LogP contribution in [0.3, 0.4) is 0 Å². The Kier molecular flexibility index (Phi) is 4.24. The van der Waals surface area contributed by atoms with Crippen LogP contribution < -0.4 is 0 Å².